The zero-order valence-corrected chi connectivity index (χ0v) is 16.6. The molecule has 0 unspecified atom stereocenters. The number of amides is 2. The predicted octanol–water partition coefficient (Wildman–Crippen LogP) is 1.12. The molecule has 2 amide bonds. The fourth-order valence-corrected chi connectivity index (χ4v) is 4.67. The van der Waals surface area contributed by atoms with Crippen molar-refractivity contribution in [3.8, 4) is 0 Å². The minimum absolute atomic E-state index is 0.0568. The molecule has 1 saturated heterocycles. The van der Waals surface area contributed by atoms with E-state index in [1.54, 1.807) is 12.1 Å². The summed E-state index contributed by atoms with van der Waals surface area (Å²) in [7, 11) is -3.67. The Kier molecular flexibility index (Phi) is 5.37. The van der Waals surface area contributed by atoms with Crippen LogP contribution < -0.4 is 0 Å². The Morgan fingerprint density at radius 3 is 2.07 bits per heavy atom. The molecule has 2 aromatic carbocycles. The quantitative estimate of drug-likeness (QED) is 0.516. The number of hydrogen-bond donors (Lipinski definition) is 0. The van der Waals surface area contributed by atoms with Crippen LogP contribution in [0.25, 0.3) is 0 Å². The molecule has 1 fully saturated rings. The first kappa shape index (κ1) is 20.2. The Morgan fingerprint density at radius 1 is 0.933 bits per heavy atom. The van der Waals surface area contributed by atoms with Gasteiger partial charge < -0.3 is 9.47 Å². The molecule has 156 valence electrons. The van der Waals surface area contributed by atoms with Gasteiger partial charge in [0.25, 0.3) is 11.8 Å². The predicted molar refractivity (Wildman–Crippen MR) is 103 cm³/mol. The van der Waals surface area contributed by atoms with Gasteiger partial charge in [0.2, 0.25) is 10.0 Å². The molecule has 0 spiro atoms. The number of hydrogen-bond acceptors (Lipinski definition) is 7. The van der Waals surface area contributed by atoms with Gasteiger partial charge in [-0.3, -0.25) is 9.59 Å². The minimum atomic E-state index is -3.67. The number of morpholine rings is 1. The molecule has 0 saturated carbocycles. The first-order valence-corrected chi connectivity index (χ1v) is 10.6. The first-order chi connectivity index (χ1) is 14.4. The van der Waals surface area contributed by atoms with Crippen LogP contribution in [0.5, 0.6) is 0 Å². The second kappa shape index (κ2) is 7.98. The molecule has 0 N–H and O–H groups in total. The number of sulfonamides is 1. The maximum absolute atomic E-state index is 12.6. The summed E-state index contributed by atoms with van der Waals surface area (Å²) in [5, 5.41) is 0. The standard InChI is InChI=1S/C20H18N2O7S/c23-18-16-3-1-2-4-17(16)19(24)22(18)13-29-20(25)14-5-7-15(8-6-14)30(26,27)21-9-11-28-12-10-21/h1-8H,9-13H2. The Labute approximate surface area is 172 Å². The summed E-state index contributed by atoms with van der Waals surface area (Å²) >= 11 is 0. The molecule has 0 aromatic heterocycles. The summed E-state index contributed by atoms with van der Waals surface area (Å²) in [6, 6.07) is 11.7. The van der Waals surface area contributed by atoms with Crippen LogP contribution in [0.2, 0.25) is 0 Å². The molecule has 2 aliphatic heterocycles. The lowest BCUT2D eigenvalue weighted by Gasteiger charge is -2.26. The van der Waals surface area contributed by atoms with Crippen LogP contribution in [-0.2, 0) is 19.5 Å². The highest BCUT2D eigenvalue weighted by molar-refractivity contribution is 7.89. The van der Waals surface area contributed by atoms with Crippen LogP contribution in [0.4, 0.5) is 0 Å². The summed E-state index contributed by atoms with van der Waals surface area (Å²) in [5.74, 6) is -1.84. The van der Waals surface area contributed by atoms with Crippen molar-refractivity contribution in [2.24, 2.45) is 0 Å². The Bertz CT molecular complexity index is 1070. The second-order valence-electron chi connectivity index (χ2n) is 6.69. The maximum atomic E-state index is 12.6. The normalized spacial score (nSPS) is 17.1. The number of imide groups is 1. The van der Waals surface area contributed by atoms with E-state index in [-0.39, 0.29) is 34.7 Å². The Hall–Kier alpha value is -3.08. The molecule has 30 heavy (non-hydrogen) atoms. The smallest absolute Gasteiger partial charge is 0.339 e. The largest absolute Gasteiger partial charge is 0.440 e. The molecule has 2 aromatic rings. The first-order valence-electron chi connectivity index (χ1n) is 9.20. The molecule has 9 nitrogen and oxygen atoms in total. The highest BCUT2D eigenvalue weighted by Gasteiger charge is 2.36. The number of nitrogens with zero attached hydrogens (tertiary/aromatic N) is 2. The summed E-state index contributed by atoms with van der Waals surface area (Å²) < 4.78 is 36.8. The number of ether oxygens (including phenoxy) is 2. The molecule has 2 heterocycles. The lowest BCUT2D eigenvalue weighted by atomic mass is 10.1. The van der Waals surface area contributed by atoms with E-state index in [0.29, 0.717) is 13.2 Å². The number of carbonyl (C=O) groups is 3. The molecule has 4 rings (SSSR count). The van der Waals surface area contributed by atoms with Crippen LogP contribution in [0, 0.1) is 0 Å². The number of benzene rings is 2. The molecular formula is C20H18N2O7S. The zero-order valence-electron chi connectivity index (χ0n) is 15.8. The van der Waals surface area contributed by atoms with E-state index >= 15 is 0 Å². The molecule has 2 aliphatic rings. The van der Waals surface area contributed by atoms with E-state index in [4.69, 9.17) is 9.47 Å². The van der Waals surface area contributed by atoms with Crippen molar-refractivity contribution in [1.29, 1.82) is 0 Å². The van der Waals surface area contributed by atoms with Crippen LogP contribution in [0.15, 0.2) is 53.4 Å². The average molecular weight is 430 g/mol. The summed E-state index contributed by atoms with van der Waals surface area (Å²) in [5.41, 5.74) is 0.625. The third-order valence-corrected chi connectivity index (χ3v) is 6.81. The average Bonchev–Trinajstić information content (AvgIpc) is 3.03. The molecule has 0 atom stereocenters. The molecule has 0 bridgehead atoms. The van der Waals surface area contributed by atoms with Crippen molar-refractivity contribution >= 4 is 27.8 Å². The van der Waals surface area contributed by atoms with E-state index in [0.717, 1.165) is 4.90 Å². The van der Waals surface area contributed by atoms with Crippen LogP contribution in [0.3, 0.4) is 0 Å². The van der Waals surface area contributed by atoms with Gasteiger partial charge in [-0.05, 0) is 36.4 Å². The topological polar surface area (TPSA) is 110 Å². The van der Waals surface area contributed by atoms with Gasteiger partial charge in [-0.1, -0.05) is 12.1 Å². The van der Waals surface area contributed by atoms with Gasteiger partial charge in [0.05, 0.1) is 34.8 Å². The number of carbonyl (C=O) groups excluding carboxylic acids is 3. The number of esters is 1. The van der Waals surface area contributed by atoms with Gasteiger partial charge in [0.15, 0.2) is 6.73 Å². The highest BCUT2D eigenvalue weighted by Crippen LogP contribution is 2.23. The monoisotopic (exact) mass is 430 g/mol. The van der Waals surface area contributed by atoms with Gasteiger partial charge in [-0.25, -0.2) is 18.1 Å². The van der Waals surface area contributed by atoms with Gasteiger partial charge in [0.1, 0.15) is 0 Å². The fourth-order valence-electron chi connectivity index (χ4n) is 3.26. The lowest BCUT2D eigenvalue weighted by molar-refractivity contribution is 0.0228. The Balaban J connectivity index is 1.41. The number of fused-ring (bicyclic) bond motifs is 1. The molecule has 10 heteroatoms. The summed E-state index contributed by atoms with van der Waals surface area (Å²) in [6.07, 6.45) is 0. The van der Waals surface area contributed by atoms with E-state index in [9.17, 15) is 22.8 Å². The third kappa shape index (κ3) is 3.60. The summed E-state index contributed by atoms with van der Waals surface area (Å²) in [4.78, 5) is 37.8. The summed E-state index contributed by atoms with van der Waals surface area (Å²) in [6.45, 7) is 0.681. The SMILES string of the molecule is O=C(OCN1C(=O)c2ccccc2C1=O)c1ccc(S(=O)(=O)N2CCOCC2)cc1. The van der Waals surface area contributed by atoms with Crippen molar-refractivity contribution in [1.82, 2.24) is 9.21 Å². The fraction of sp³-hybridized carbons (Fsp3) is 0.250. The lowest BCUT2D eigenvalue weighted by Crippen LogP contribution is -2.40. The van der Waals surface area contributed by atoms with E-state index in [2.05, 4.69) is 0 Å². The molecule has 0 aliphatic carbocycles. The van der Waals surface area contributed by atoms with Gasteiger partial charge in [-0.2, -0.15) is 4.31 Å². The van der Waals surface area contributed by atoms with Crippen LogP contribution in [-0.4, -0.2) is 68.4 Å². The number of rotatable bonds is 5. The highest BCUT2D eigenvalue weighted by atomic mass is 32.2. The van der Waals surface area contributed by atoms with Gasteiger partial charge in [-0.15, -0.1) is 0 Å². The van der Waals surface area contributed by atoms with Crippen molar-refractivity contribution in [3.63, 3.8) is 0 Å². The van der Waals surface area contributed by atoms with E-state index in [1.807, 2.05) is 0 Å². The second-order valence-corrected chi connectivity index (χ2v) is 8.62. The van der Waals surface area contributed by atoms with Crippen molar-refractivity contribution in [2.45, 2.75) is 4.90 Å². The zero-order chi connectivity index (χ0) is 21.3. The van der Waals surface area contributed by atoms with Gasteiger partial charge >= 0.3 is 5.97 Å². The molecule has 0 radical (unpaired) electrons. The minimum Gasteiger partial charge on any atom is -0.440 e. The van der Waals surface area contributed by atoms with Gasteiger partial charge in [0, 0.05) is 13.1 Å². The molecular weight excluding hydrogens is 412 g/mol. The van der Waals surface area contributed by atoms with E-state index < -0.39 is 34.5 Å². The van der Waals surface area contributed by atoms with Crippen molar-refractivity contribution in [3.05, 3.63) is 65.2 Å². The van der Waals surface area contributed by atoms with Crippen molar-refractivity contribution < 1.29 is 32.3 Å². The van der Waals surface area contributed by atoms with E-state index in [1.165, 1.54) is 40.7 Å². The maximum Gasteiger partial charge on any atom is 0.339 e. The van der Waals surface area contributed by atoms with Crippen LogP contribution >= 0.6 is 0 Å². The van der Waals surface area contributed by atoms with Crippen LogP contribution in [0.1, 0.15) is 31.1 Å². The van der Waals surface area contributed by atoms with Crippen molar-refractivity contribution in [2.75, 3.05) is 33.0 Å². The Morgan fingerprint density at radius 2 is 1.50 bits per heavy atom. The third-order valence-electron chi connectivity index (χ3n) is 4.90.